The fourth-order valence-corrected chi connectivity index (χ4v) is 2.32. The van der Waals surface area contributed by atoms with Gasteiger partial charge in [0.2, 0.25) is 0 Å². The summed E-state index contributed by atoms with van der Waals surface area (Å²) in [6.07, 6.45) is 0.346. The van der Waals surface area contributed by atoms with E-state index >= 15 is 0 Å². The number of carboxylic acid groups (broad SMARTS) is 1. The van der Waals surface area contributed by atoms with Crippen LogP contribution in [0.4, 0.5) is 4.39 Å². The molecule has 1 aromatic carbocycles. The molecule has 0 saturated carbocycles. The molecule has 0 aliphatic rings. The average Bonchev–Trinajstić information content (AvgIpc) is 2.26. The third-order valence-corrected chi connectivity index (χ3v) is 3.38. The standard InChI is InChI=1S/C13H15FINO3/c1-7(2)5-11(13(18)19)16-12(17)9-4-3-8(14)6-10(9)15/h3-4,6-7,11H,5H2,1-2H3,(H,16,17)(H,18,19). The van der Waals surface area contributed by atoms with Crippen LogP contribution >= 0.6 is 22.6 Å². The predicted octanol–water partition coefficient (Wildman–Crippen LogP) is 2.66. The maximum atomic E-state index is 12.9. The molecule has 4 nitrogen and oxygen atoms in total. The van der Waals surface area contributed by atoms with Gasteiger partial charge in [-0.3, -0.25) is 4.79 Å². The Kier molecular flexibility index (Phi) is 5.71. The summed E-state index contributed by atoms with van der Waals surface area (Å²) < 4.78 is 13.4. The number of hydrogen-bond acceptors (Lipinski definition) is 2. The Morgan fingerprint density at radius 3 is 2.53 bits per heavy atom. The van der Waals surface area contributed by atoms with Crippen molar-refractivity contribution in [2.45, 2.75) is 26.3 Å². The summed E-state index contributed by atoms with van der Waals surface area (Å²) in [5.74, 6) is -1.86. The molecular formula is C13H15FINO3. The third-order valence-electron chi connectivity index (χ3n) is 2.49. The van der Waals surface area contributed by atoms with E-state index in [-0.39, 0.29) is 11.5 Å². The lowest BCUT2D eigenvalue weighted by atomic mass is 10.0. The molecule has 2 N–H and O–H groups in total. The Morgan fingerprint density at radius 2 is 2.05 bits per heavy atom. The van der Waals surface area contributed by atoms with E-state index in [2.05, 4.69) is 5.32 Å². The largest absolute Gasteiger partial charge is 0.480 e. The first-order valence-corrected chi connectivity index (χ1v) is 6.88. The molecule has 0 saturated heterocycles. The lowest BCUT2D eigenvalue weighted by Gasteiger charge is -2.16. The van der Waals surface area contributed by atoms with E-state index in [0.717, 1.165) is 0 Å². The van der Waals surface area contributed by atoms with Crippen LogP contribution < -0.4 is 5.32 Å². The van der Waals surface area contributed by atoms with Gasteiger partial charge in [-0.25, -0.2) is 9.18 Å². The van der Waals surface area contributed by atoms with E-state index in [4.69, 9.17) is 5.11 Å². The van der Waals surface area contributed by atoms with Crippen LogP contribution in [0.5, 0.6) is 0 Å². The molecule has 0 spiro atoms. The maximum absolute atomic E-state index is 12.9. The van der Waals surface area contributed by atoms with E-state index in [1.807, 2.05) is 36.4 Å². The highest BCUT2D eigenvalue weighted by Gasteiger charge is 2.22. The Bertz CT molecular complexity index is 491. The van der Waals surface area contributed by atoms with Crippen molar-refractivity contribution in [3.05, 3.63) is 33.1 Å². The normalized spacial score (nSPS) is 12.3. The molecule has 19 heavy (non-hydrogen) atoms. The number of hydrogen-bond donors (Lipinski definition) is 2. The van der Waals surface area contributed by atoms with Crippen LogP contribution in [0.3, 0.4) is 0 Å². The Labute approximate surface area is 124 Å². The molecule has 1 aromatic rings. The summed E-state index contributed by atoms with van der Waals surface area (Å²) in [7, 11) is 0. The number of carboxylic acids is 1. The quantitative estimate of drug-likeness (QED) is 0.774. The van der Waals surface area contributed by atoms with Gasteiger partial charge in [-0.1, -0.05) is 13.8 Å². The van der Waals surface area contributed by atoms with Crippen molar-refractivity contribution in [3.63, 3.8) is 0 Å². The molecule has 6 heteroatoms. The van der Waals surface area contributed by atoms with Gasteiger partial charge in [0.25, 0.3) is 5.91 Å². The van der Waals surface area contributed by atoms with Crippen molar-refractivity contribution in [3.8, 4) is 0 Å². The second-order valence-corrected chi connectivity index (χ2v) is 5.78. The van der Waals surface area contributed by atoms with Crippen LogP contribution in [-0.2, 0) is 4.79 Å². The van der Waals surface area contributed by atoms with Crippen LogP contribution in [-0.4, -0.2) is 23.0 Å². The van der Waals surface area contributed by atoms with Crippen molar-refractivity contribution in [1.29, 1.82) is 0 Å². The first kappa shape index (κ1) is 15.9. The minimum absolute atomic E-state index is 0.147. The van der Waals surface area contributed by atoms with E-state index in [1.165, 1.54) is 18.2 Å². The number of halogens is 2. The van der Waals surface area contributed by atoms with Gasteiger partial charge in [0.1, 0.15) is 11.9 Å². The summed E-state index contributed by atoms with van der Waals surface area (Å²) in [4.78, 5) is 23.0. The van der Waals surface area contributed by atoms with Crippen molar-refractivity contribution >= 4 is 34.5 Å². The maximum Gasteiger partial charge on any atom is 0.326 e. The molecule has 0 bridgehead atoms. The van der Waals surface area contributed by atoms with Crippen LogP contribution in [0.1, 0.15) is 30.6 Å². The minimum atomic E-state index is -1.07. The van der Waals surface area contributed by atoms with E-state index in [9.17, 15) is 14.0 Å². The molecule has 0 heterocycles. The van der Waals surface area contributed by atoms with Gasteiger partial charge in [0.05, 0.1) is 5.56 Å². The second-order valence-electron chi connectivity index (χ2n) is 4.62. The first-order valence-electron chi connectivity index (χ1n) is 5.80. The summed E-state index contributed by atoms with van der Waals surface area (Å²) in [6, 6.07) is 2.82. The highest BCUT2D eigenvalue weighted by Crippen LogP contribution is 2.14. The Hall–Kier alpha value is -1.18. The molecular weight excluding hydrogens is 364 g/mol. The van der Waals surface area contributed by atoms with Crippen molar-refractivity contribution in [2.75, 3.05) is 0 Å². The molecule has 1 amide bonds. The molecule has 0 aromatic heterocycles. The molecule has 0 radical (unpaired) electrons. The predicted molar refractivity (Wildman–Crippen MR) is 77.5 cm³/mol. The number of nitrogens with one attached hydrogen (secondary N) is 1. The van der Waals surface area contributed by atoms with E-state index in [0.29, 0.717) is 9.99 Å². The van der Waals surface area contributed by atoms with Gasteiger partial charge in [-0.15, -0.1) is 0 Å². The topological polar surface area (TPSA) is 66.4 Å². The molecule has 1 rings (SSSR count). The molecule has 104 valence electrons. The minimum Gasteiger partial charge on any atom is -0.480 e. The van der Waals surface area contributed by atoms with Gasteiger partial charge in [0, 0.05) is 3.57 Å². The number of aliphatic carboxylic acids is 1. The number of amides is 1. The highest BCUT2D eigenvalue weighted by atomic mass is 127. The van der Waals surface area contributed by atoms with Crippen LogP contribution in [0.25, 0.3) is 0 Å². The smallest absolute Gasteiger partial charge is 0.326 e. The van der Waals surface area contributed by atoms with Crippen LogP contribution in [0.15, 0.2) is 18.2 Å². The monoisotopic (exact) mass is 379 g/mol. The average molecular weight is 379 g/mol. The van der Waals surface area contributed by atoms with Gasteiger partial charge in [-0.2, -0.15) is 0 Å². The zero-order valence-corrected chi connectivity index (χ0v) is 12.8. The van der Waals surface area contributed by atoms with E-state index < -0.39 is 23.7 Å². The lowest BCUT2D eigenvalue weighted by Crippen LogP contribution is -2.41. The van der Waals surface area contributed by atoms with Crippen LogP contribution in [0, 0.1) is 15.3 Å². The van der Waals surface area contributed by atoms with Crippen molar-refractivity contribution in [2.24, 2.45) is 5.92 Å². The highest BCUT2D eigenvalue weighted by molar-refractivity contribution is 14.1. The molecule has 1 unspecified atom stereocenters. The van der Waals surface area contributed by atoms with Gasteiger partial charge >= 0.3 is 5.97 Å². The number of carbonyl (C=O) groups is 2. The zero-order chi connectivity index (χ0) is 14.6. The van der Waals surface area contributed by atoms with Gasteiger partial charge < -0.3 is 10.4 Å². The zero-order valence-electron chi connectivity index (χ0n) is 10.6. The lowest BCUT2D eigenvalue weighted by molar-refractivity contribution is -0.139. The summed E-state index contributed by atoms with van der Waals surface area (Å²) in [6.45, 7) is 3.76. The second kappa shape index (κ2) is 6.83. The molecule has 0 aliphatic heterocycles. The number of carbonyl (C=O) groups excluding carboxylic acids is 1. The fraction of sp³-hybridized carbons (Fsp3) is 0.385. The molecule has 1 atom stereocenters. The summed E-state index contributed by atoms with van der Waals surface area (Å²) in [5.41, 5.74) is 0.275. The van der Waals surface area contributed by atoms with E-state index in [1.54, 1.807) is 0 Å². The summed E-state index contributed by atoms with van der Waals surface area (Å²) >= 11 is 1.84. The van der Waals surface area contributed by atoms with Crippen molar-refractivity contribution in [1.82, 2.24) is 5.32 Å². The van der Waals surface area contributed by atoms with Crippen molar-refractivity contribution < 1.29 is 19.1 Å². The first-order chi connectivity index (χ1) is 8.81. The van der Waals surface area contributed by atoms with Gasteiger partial charge in [0.15, 0.2) is 0 Å². The Morgan fingerprint density at radius 1 is 1.42 bits per heavy atom. The number of benzene rings is 1. The SMILES string of the molecule is CC(C)CC(NC(=O)c1ccc(F)cc1I)C(=O)O. The molecule has 0 fully saturated rings. The summed E-state index contributed by atoms with van der Waals surface area (Å²) in [5, 5.41) is 11.5. The van der Waals surface area contributed by atoms with Crippen LogP contribution in [0.2, 0.25) is 0 Å². The third kappa shape index (κ3) is 4.77. The number of rotatable bonds is 5. The Balaban J connectivity index is 2.84. The van der Waals surface area contributed by atoms with Gasteiger partial charge in [-0.05, 0) is 53.1 Å². The molecule has 0 aliphatic carbocycles. The fourth-order valence-electron chi connectivity index (χ4n) is 1.60.